The fraction of sp³-hybridized carbons (Fsp3) is 0.111. The van der Waals surface area contributed by atoms with E-state index in [1.165, 1.54) is 42.4 Å². The highest BCUT2D eigenvalue weighted by molar-refractivity contribution is 6.02. The van der Waals surface area contributed by atoms with Crippen LogP contribution in [0.5, 0.6) is 11.5 Å². The summed E-state index contributed by atoms with van der Waals surface area (Å²) in [5, 5.41) is 13.6. The molecule has 0 radical (unpaired) electrons. The highest BCUT2D eigenvalue weighted by Crippen LogP contribution is 2.33. The summed E-state index contributed by atoms with van der Waals surface area (Å²) >= 11 is 0. The van der Waals surface area contributed by atoms with Gasteiger partial charge in [-0.1, -0.05) is 18.2 Å². The second-order valence-corrected chi connectivity index (χ2v) is 5.38. The van der Waals surface area contributed by atoms with Crippen LogP contribution >= 0.6 is 0 Å². The fourth-order valence-corrected chi connectivity index (χ4v) is 2.40. The molecule has 1 heterocycles. The van der Waals surface area contributed by atoms with E-state index in [1.807, 2.05) is 0 Å². The molecule has 144 valence electrons. The largest absolute Gasteiger partial charge is 0.493 e. The summed E-state index contributed by atoms with van der Waals surface area (Å²) in [5.41, 5.74) is 1.45. The molecule has 1 N–H and O–H groups in total. The number of halogens is 2. The van der Waals surface area contributed by atoms with Gasteiger partial charge in [0.15, 0.2) is 11.5 Å². The Morgan fingerprint density at radius 2 is 2.07 bits per heavy atom. The quantitative estimate of drug-likeness (QED) is 0.627. The number of hydrogen-bond acceptors (Lipinski definition) is 6. The molecule has 0 saturated heterocycles. The summed E-state index contributed by atoms with van der Waals surface area (Å²) in [6.45, 7) is -3.02. The summed E-state index contributed by atoms with van der Waals surface area (Å²) < 4.78 is 36.3. The number of para-hydroxylation sites is 1. The van der Waals surface area contributed by atoms with E-state index in [4.69, 9.17) is 4.74 Å². The van der Waals surface area contributed by atoms with E-state index in [1.54, 1.807) is 30.3 Å². The lowest BCUT2D eigenvalue weighted by Crippen LogP contribution is -2.09. The highest BCUT2D eigenvalue weighted by Gasteiger charge is 2.14. The molecule has 0 aliphatic heterocycles. The van der Waals surface area contributed by atoms with Gasteiger partial charge in [0.05, 0.1) is 12.8 Å². The molecule has 2 aromatic carbocycles. The molecule has 1 amide bonds. The van der Waals surface area contributed by atoms with Crippen molar-refractivity contribution in [2.24, 2.45) is 0 Å². The summed E-state index contributed by atoms with van der Waals surface area (Å²) in [4.78, 5) is 12.2. The van der Waals surface area contributed by atoms with Gasteiger partial charge >= 0.3 is 6.61 Å². The Kier molecular flexibility index (Phi) is 5.90. The highest BCUT2D eigenvalue weighted by atomic mass is 19.3. The first-order valence-electron chi connectivity index (χ1n) is 8.01. The van der Waals surface area contributed by atoms with E-state index in [2.05, 4.69) is 25.6 Å². The minimum atomic E-state index is -3.02. The van der Waals surface area contributed by atoms with Crippen LogP contribution in [0.4, 0.5) is 14.5 Å². The third-order valence-corrected chi connectivity index (χ3v) is 3.58. The number of carbonyl (C=O) groups is 1. The van der Waals surface area contributed by atoms with Crippen LogP contribution in [0.25, 0.3) is 11.8 Å². The van der Waals surface area contributed by atoms with Gasteiger partial charge in [-0.05, 0) is 40.8 Å². The number of nitrogens with zero attached hydrogens (tertiary/aromatic N) is 4. The van der Waals surface area contributed by atoms with Crippen LogP contribution in [0.1, 0.15) is 5.56 Å². The first-order valence-corrected chi connectivity index (χ1v) is 8.01. The molecule has 8 nitrogen and oxygen atoms in total. The Labute approximate surface area is 158 Å². The zero-order valence-corrected chi connectivity index (χ0v) is 14.6. The molecule has 10 heteroatoms. The van der Waals surface area contributed by atoms with E-state index in [-0.39, 0.29) is 17.1 Å². The van der Waals surface area contributed by atoms with Gasteiger partial charge < -0.3 is 14.8 Å². The van der Waals surface area contributed by atoms with Gasteiger partial charge in [-0.25, -0.2) is 4.68 Å². The van der Waals surface area contributed by atoms with Gasteiger partial charge in [-0.3, -0.25) is 4.79 Å². The summed E-state index contributed by atoms with van der Waals surface area (Å²) in [6.07, 6.45) is 3.99. The van der Waals surface area contributed by atoms with Crippen LogP contribution in [0.2, 0.25) is 0 Å². The summed E-state index contributed by atoms with van der Waals surface area (Å²) in [6, 6.07) is 11.5. The first kappa shape index (κ1) is 19.0. The van der Waals surface area contributed by atoms with Crippen molar-refractivity contribution in [1.82, 2.24) is 20.2 Å². The average molecular weight is 387 g/mol. The lowest BCUT2D eigenvalue weighted by molar-refractivity contribution is -0.111. The average Bonchev–Trinajstić information content (AvgIpc) is 3.22. The van der Waals surface area contributed by atoms with Crippen molar-refractivity contribution in [3.63, 3.8) is 0 Å². The van der Waals surface area contributed by atoms with E-state index in [0.29, 0.717) is 11.4 Å². The Bertz CT molecular complexity index is 977. The van der Waals surface area contributed by atoms with E-state index in [9.17, 15) is 13.6 Å². The number of nitrogens with one attached hydrogen (secondary N) is 1. The number of alkyl halides is 2. The van der Waals surface area contributed by atoms with Gasteiger partial charge in [0, 0.05) is 17.3 Å². The molecular formula is C18H15F2N5O3. The van der Waals surface area contributed by atoms with Crippen LogP contribution < -0.4 is 14.8 Å². The standard InChI is InChI=1S/C18H15F2N5O3/c1-27-15-7-2-4-12(17(15)28-18(19)20)8-9-16(26)22-13-5-3-6-14(10-13)25-11-21-23-24-25/h2-11,18H,1H3,(H,22,26). The molecule has 1 aromatic heterocycles. The van der Waals surface area contributed by atoms with E-state index in [0.717, 1.165) is 0 Å². The number of tetrazole rings is 1. The van der Waals surface area contributed by atoms with Crippen molar-refractivity contribution in [3.05, 3.63) is 60.4 Å². The number of benzene rings is 2. The van der Waals surface area contributed by atoms with E-state index >= 15 is 0 Å². The number of carbonyl (C=O) groups excluding carboxylic acids is 1. The number of hydrogen-bond donors (Lipinski definition) is 1. The Morgan fingerprint density at radius 3 is 2.79 bits per heavy atom. The number of methoxy groups -OCH3 is 1. The van der Waals surface area contributed by atoms with E-state index < -0.39 is 12.5 Å². The second kappa shape index (κ2) is 8.71. The molecule has 0 aliphatic rings. The number of ether oxygens (including phenoxy) is 2. The minimum absolute atomic E-state index is 0.136. The predicted octanol–water partition coefficient (Wildman–Crippen LogP) is 2.92. The van der Waals surface area contributed by atoms with Crippen molar-refractivity contribution in [2.45, 2.75) is 6.61 Å². The van der Waals surface area contributed by atoms with Gasteiger partial charge in [0.2, 0.25) is 5.91 Å². The predicted molar refractivity (Wildman–Crippen MR) is 96.4 cm³/mol. The molecule has 0 fully saturated rings. The lowest BCUT2D eigenvalue weighted by Gasteiger charge is -2.12. The smallest absolute Gasteiger partial charge is 0.387 e. The monoisotopic (exact) mass is 387 g/mol. The number of rotatable bonds is 7. The van der Waals surface area contributed by atoms with Gasteiger partial charge in [-0.15, -0.1) is 5.10 Å². The van der Waals surface area contributed by atoms with Crippen molar-refractivity contribution >= 4 is 17.7 Å². The van der Waals surface area contributed by atoms with Crippen LogP contribution in [-0.4, -0.2) is 39.8 Å². The van der Waals surface area contributed by atoms with Crippen molar-refractivity contribution in [1.29, 1.82) is 0 Å². The minimum Gasteiger partial charge on any atom is -0.493 e. The van der Waals surface area contributed by atoms with Crippen molar-refractivity contribution < 1.29 is 23.0 Å². The topological polar surface area (TPSA) is 91.2 Å². The number of amides is 1. The molecule has 0 saturated carbocycles. The zero-order chi connectivity index (χ0) is 19.9. The molecule has 28 heavy (non-hydrogen) atoms. The molecule has 0 spiro atoms. The van der Waals surface area contributed by atoms with Gasteiger partial charge in [0.25, 0.3) is 0 Å². The molecule has 3 rings (SSSR count). The fourth-order valence-electron chi connectivity index (χ4n) is 2.40. The summed E-state index contributed by atoms with van der Waals surface area (Å²) in [7, 11) is 1.34. The molecule has 0 atom stereocenters. The summed E-state index contributed by atoms with van der Waals surface area (Å²) in [5.74, 6) is -0.471. The SMILES string of the molecule is COc1cccc(C=CC(=O)Nc2cccc(-n3cnnn3)c2)c1OC(F)F. The van der Waals surface area contributed by atoms with Crippen LogP contribution in [-0.2, 0) is 4.79 Å². The van der Waals surface area contributed by atoms with Gasteiger partial charge in [0.1, 0.15) is 6.33 Å². The maximum Gasteiger partial charge on any atom is 0.387 e. The maximum absolute atomic E-state index is 12.7. The van der Waals surface area contributed by atoms with Gasteiger partial charge in [-0.2, -0.15) is 8.78 Å². The Balaban J connectivity index is 1.75. The molecule has 0 bridgehead atoms. The second-order valence-electron chi connectivity index (χ2n) is 5.38. The normalized spacial score (nSPS) is 11.0. The Morgan fingerprint density at radius 1 is 1.25 bits per heavy atom. The zero-order valence-electron chi connectivity index (χ0n) is 14.6. The van der Waals surface area contributed by atoms with Crippen LogP contribution in [0.3, 0.4) is 0 Å². The number of anilines is 1. The van der Waals surface area contributed by atoms with Crippen LogP contribution in [0, 0.1) is 0 Å². The third kappa shape index (κ3) is 4.67. The first-order chi connectivity index (χ1) is 13.6. The van der Waals surface area contributed by atoms with Crippen molar-refractivity contribution in [2.75, 3.05) is 12.4 Å². The third-order valence-electron chi connectivity index (χ3n) is 3.58. The lowest BCUT2D eigenvalue weighted by atomic mass is 10.1. The molecule has 3 aromatic rings. The number of aromatic nitrogens is 4. The molecule has 0 aliphatic carbocycles. The maximum atomic E-state index is 12.7. The van der Waals surface area contributed by atoms with Crippen LogP contribution in [0.15, 0.2) is 54.9 Å². The van der Waals surface area contributed by atoms with Crippen molar-refractivity contribution in [3.8, 4) is 17.2 Å². The Hall–Kier alpha value is -3.82. The molecule has 0 unspecified atom stereocenters. The molecular weight excluding hydrogens is 372 g/mol.